The lowest BCUT2D eigenvalue weighted by molar-refractivity contribution is -0.203. The number of carbonyl (C=O) groups is 1. The molecule has 0 bridgehead atoms. The average molecular weight is 249 g/mol. The zero-order chi connectivity index (χ0) is 13.0. The summed E-state index contributed by atoms with van der Waals surface area (Å²) in [6.45, 7) is 5.01. The number of ether oxygens (including phenoxy) is 1. The third-order valence-electron chi connectivity index (χ3n) is 2.90. The smallest absolute Gasteiger partial charge is 0.286 e. The largest absolute Gasteiger partial charge is 0.481 e. The Labute approximate surface area is 107 Å². The first-order valence-corrected chi connectivity index (χ1v) is 6.34. The van der Waals surface area contributed by atoms with Crippen molar-refractivity contribution in [1.29, 1.82) is 0 Å². The highest BCUT2D eigenvalue weighted by Gasteiger charge is 2.24. The molecule has 1 atom stereocenters. The summed E-state index contributed by atoms with van der Waals surface area (Å²) in [5, 5.41) is 1.42. The third kappa shape index (κ3) is 3.23. The van der Waals surface area contributed by atoms with Gasteiger partial charge in [-0.2, -0.15) is 0 Å². The van der Waals surface area contributed by atoms with Crippen molar-refractivity contribution in [3.63, 3.8) is 0 Å². The molecule has 0 aliphatic carbocycles. The second kappa shape index (κ2) is 5.87. The number of rotatable bonds is 3. The molecular weight excluding hydrogens is 230 g/mol. The van der Waals surface area contributed by atoms with E-state index in [0.717, 1.165) is 18.4 Å². The Morgan fingerprint density at radius 2 is 2.28 bits per heavy atom. The van der Waals surface area contributed by atoms with Crippen LogP contribution >= 0.6 is 0 Å². The second-order valence-corrected chi connectivity index (χ2v) is 4.56. The SMILES string of the molecule is Cc1cccc(OC(C)C(=O)N2CCCCO2)c1. The number of benzene rings is 1. The summed E-state index contributed by atoms with van der Waals surface area (Å²) < 4.78 is 5.64. The molecule has 18 heavy (non-hydrogen) atoms. The standard InChI is InChI=1S/C14H19NO3/c1-11-6-5-7-13(10-11)18-12(2)14(16)15-8-3-4-9-17-15/h5-7,10,12H,3-4,8-9H2,1-2H3. The lowest BCUT2D eigenvalue weighted by Crippen LogP contribution is -2.43. The zero-order valence-corrected chi connectivity index (χ0v) is 10.9. The second-order valence-electron chi connectivity index (χ2n) is 4.56. The molecule has 1 aromatic carbocycles. The summed E-state index contributed by atoms with van der Waals surface area (Å²) in [6, 6.07) is 7.68. The molecule has 1 aromatic rings. The normalized spacial score (nSPS) is 17.3. The van der Waals surface area contributed by atoms with Crippen LogP contribution in [-0.4, -0.2) is 30.2 Å². The van der Waals surface area contributed by atoms with Gasteiger partial charge in [0.25, 0.3) is 5.91 Å². The summed E-state index contributed by atoms with van der Waals surface area (Å²) in [7, 11) is 0. The summed E-state index contributed by atoms with van der Waals surface area (Å²) in [6.07, 6.45) is 1.48. The van der Waals surface area contributed by atoms with Crippen LogP contribution < -0.4 is 4.74 Å². The van der Waals surface area contributed by atoms with Gasteiger partial charge in [0.2, 0.25) is 0 Å². The van der Waals surface area contributed by atoms with Crippen LogP contribution in [-0.2, 0) is 9.63 Å². The number of hydrogen-bond donors (Lipinski definition) is 0. The molecule has 0 spiro atoms. The van der Waals surface area contributed by atoms with Crippen molar-refractivity contribution < 1.29 is 14.4 Å². The van der Waals surface area contributed by atoms with Gasteiger partial charge in [-0.3, -0.25) is 9.63 Å². The van der Waals surface area contributed by atoms with Crippen LogP contribution in [0.15, 0.2) is 24.3 Å². The molecule has 1 aliphatic heterocycles. The molecule has 4 heteroatoms. The van der Waals surface area contributed by atoms with Crippen molar-refractivity contribution in [2.24, 2.45) is 0 Å². The molecule has 0 N–H and O–H groups in total. The Bertz CT molecular complexity index is 413. The summed E-state index contributed by atoms with van der Waals surface area (Å²) in [4.78, 5) is 17.4. The van der Waals surface area contributed by atoms with E-state index in [9.17, 15) is 4.79 Å². The predicted octanol–water partition coefficient (Wildman–Crippen LogP) is 2.32. The Morgan fingerprint density at radius 1 is 1.44 bits per heavy atom. The molecule has 2 rings (SSSR count). The fourth-order valence-corrected chi connectivity index (χ4v) is 1.92. The number of carbonyl (C=O) groups excluding carboxylic acids is 1. The van der Waals surface area contributed by atoms with Crippen LogP contribution in [0.4, 0.5) is 0 Å². The number of hydrogen-bond acceptors (Lipinski definition) is 3. The van der Waals surface area contributed by atoms with Crippen molar-refractivity contribution in [2.45, 2.75) is 32.8 Å². The molecule has 98 valence electrons. The molecule has 1 aliphatic rings. The number of aryl methyl sites for hydroxylation is 1. The molecule has 1 unspecified atom stereocenters. The van der Waals surface area contributed by atoms with Crippen LogP contribution in [0.2, 0.25) is 0 Å². The minimum Gasteiger partial charge on any atom is -0.481 e. The minimum absolute atomic E-state index is 0.115. The van der Waals surface area contributed by atoms with Crippen molar-refractivity contribution in [3.05, 3.63) is 29.8 Å². The van der Waals surface area contributed by atoms with E-state index in [1.165, 1.54) is 5.06 Å². The minimum atomic E-state index is -0.523. The van der Waals surface area contributed by atoms with Gasteiger partial charge >= 0.3 is 0 Å². The van der Waals surface area contributed by atoms with E-state index in [-0.39, 0.29) is 5.91 Å². The fraction of sp³-hybridized carbons (Fsp3) is 0.500. The number of amides is 1. The number of nitrogens with zero attached hydrogens (tertiary/aromatic N) is 1. The monoisotopic (exact) mass is 249 g/mol. The van der Waals surface area contributed by atoms with Gasteiger partial charge in [-0.15, -0.1) is 0 Å². The Morgan fingerprint density at radius 3 is 2.94 bits per heavy atom. The van der Waals surface area contributed by atoms with Crippen LogP contribution in [0, 0.1) is 6.92 Å². The lowest BCUT2D eigenvalue weighted by Gasteiger charge is -2.28. The quantitative estimate of drug-likeness (QED) is 0.825. The Kier molecular flexibility index (Phi) is 4.20. The summed E-state index contributed by atoms with van der Waals surface area (Å²) in [5.41, 5.74) is 1.11. The van der Waals surface area contributed by atoms with E-state index in [1.54, 1.807) is 6.92 Å². The van der Waals surface area contributed by atoms with E-state index in [4.69, 9.17) is 9.57 Å². The van der Waals surface area contributed by atoms with Gasteiger partial charge in [0.1, 0.15) is 5.75 Å². The Hall–Kier alpha value is -1.55. The van der Waals surface area contributed by atoms with Gasteiger partial charge in [0.05, 0.1) is 6.61 Å². The molecule has 0 aromatic heterocycles. The highest BCUT2D eigenvalue weighted by Crippen LogP contribution is 2.16. The maximum atomic E-state index is 12.1. The van der Waals surface area contributed by atoms with Gasteiger partial charge in [0, 0.05) is 6.54 Å². The third-order valence-corrected chi connectivity index (χ3v) is 2.90. The first-order valence-electron chi connectivity index (χ1n) is 6.34. The highest BCUT2D eigenvalue weighted by molar-refractivity contribution is 5.80. The maximum Gasteiger partial charge on any atom is 0.286 e. The van der Waals surface area contributed by atoms with Crippen molar-refractivity contribution in [1.82, 2.24) is 5.06 Å². The molecule has 0 saturated carbocycles. The Balaban J connectivity index is 1.94. The van der Waals surface area contributed by atoms with Crippen molar-refractivity contribution >= 4 is 5.91 Å². The van der Waals surface area contributed by atoms with Gasteiger partial charge in [0.15, 0.2) is 6.10 Å². The van der Waals surface area contributed by atoms with Crippen LogP contribution in [0.1, 0.15) is 25.3 Å². The van der Waals surface area contributed by atoms with Crippen LogP contribution in [0.3, 0.4) is 0 Å². The average Bonchev–Trinajstić information content (AvgIpc) is 2.39. The van der Waals surface area contributed by atoms with E-state index >= 15 is 0 Å². The van der Waals surface area contributed by atoms with Crippen molar-refractivity contribution in [3.8, 4) is 5.75 Å². The topological polar surface area (TPSA) is 38.8 Å². The van der Waals surface area contributed by atoms with Crippen LogP contribution in [0.5, 0.6) is 5.75 Å². The molecule has 1 saturated heterocycles. The zero-order valence-electron chi connectivity index (χ0n) is 10.9. The summed E-state index contributed by atoms with van der Waals surface area (Å²) in [5.74, 6) is 0.601. The maximum absolute atomic E-state index is 12.1. The summed E-state index contributed by atoms with van der Waals surface area (Å²) >= 11 is 0. The van der Waals surface area contributed by atoms with Crippen LogP contribution in [0.25, 0.3) is 0 Å². The van der Waals surface area contributed by atoms with E-state index in [2.05, 4.69) is 0 Å². The first kappa shape index (κ1) is 12.9. The lowest BCUT2D eigenvalue weighted by atomic mass is 10.2. The fourth-order valence-electron chi connectivity index (χ4n) is 1.92. The number of hydroxylamine groups is 2. The van der Waals surface area contributed by atoms with Crippen molar-refractivity contribution in [2.75, 3.05) is 13.2 Å². The molecule has 1 amide bonds. The van der Waals surface area contributed by atoms with Gasteiger partial charge in [-0.25, -0.2) is 5.06 Å². The molecular formula is C14H19NO3. The van der Waals surface area contributed by atoms with Gasteiger partial charge in [-0.1, -0.05) is 12.1 Å². The first-order chi connectivity index (χ1) is 8.66. The van der Waals surface area contributed by atoms with E-state index in [1.807, 2.05) is 31.2 Å². The predicted molar refractivity (Wildman–Crippen MR) is 68.2 cm³/mol. The van der Waals surface area contributed by atoms with E-state index in [0.29, 0.717) is 18.9 Å². The highest BCUT2D eigenvalue weighted by atomic mass is 16.7. The molecule has 4 nitrogen and oxygen atoms in total. The van der Waals surface area contributed by atoms with Gasteiger partial charge < -0.3 is 4.74 Å². The molecule has 0 radical (unpaired) electrons. The molecule has 1 fully saturated rings. The van der Waals surface area contributed by atoms with Gasteiger partial charge in [-0.05, 0) is 44.4 Å². The molecule has 1 heterocycles. The van der Waals surface area contributed by atoms with E-state index < -0.39 is 6.10 Å².